The first-order chi connectivity index (χ1) is 12.8. The fourth-order valence-corrected chi connectivity index (χ4v) is 3.28. The topological polar surface area (TPSA) is 82.4 Å². The lowest BCUT2D eigenvalue weighted by Gasteiger charge is -2.31. The molecule has 0 N–H and O–H groups in total. The third kappa shape index (κ3) is 5.32. The Bertz CT molecular complexity index is 784. The average molecular weight is 403 g/mol. The Labute approximate surface area is 156 Å². The van der Waals surface area contributed by atoms with Crippen LogP contribution in [0.4, 0.5) is 13.2 Å². The number of alkyl halides is 3. The van der Waals surface area contributed by atoms with Crippen LogP contribution in [-0.2, 0) is 9.53 Å². The molecule has 1 amide bonds. The van der Waals surface area contributed by atoms with Gasteiger partial charge in [0.25, 0.3) is 0 Å². The summed E-state index contributed by atoms with van der Waals surface area (Å²) in [7, 11) is 0. The van der Waals surface area contributed by atoms with Crippen molar-refractivity contribution in [3.05, 3.63) is 24.3 Å². The predicted octanol–water partition coefficient (Wildman–Crippen LogP) is 1.90. The van der Waals surface area contributed by atoms with Gasteiger partial charge in [-0.3, -0.25) is 4.79 Å². The van der Waals surface area contributed by atoms with Gasteiger partial charge in [-0.25, -0.2) is 0 Å². The molecule has 0 spiro atoms. The van der Waals surface area contributed by atoms with Crippen LogP contribution in [0.3, 0.4) is 0 Å². The second-order valence-corrected chi connectivity index (χ2v) is 6.67. The highest BCUT2D eigenvalue weighted by Crippen LogP contribution is 2.25. The molecule has 1 aromatic heterocycles. The predicted molar refractivity (Wildman–Crippen MR) is 88.6 cm³/mol. The van der Waals surface area contributed by atoms with Crippen LogP contribution >= 0.6 is 11.8 Å². The first-order valence-corrected chi connectivity index (χ1v) is 8.97. The number of carbonyl (C=O) groups excluding carboxylic acids is 1. The molecular formula is C15H16F3N5O3S. The molecule has 1 aliphatic heterocycles. The van der Waals surface area contributed by atoms with Crippen molar-refractivity contribution in [2.45, 2.75) is 24.5 Å². The van der Waals surface area contributed by atoms with Crippen molar-refractivity contribution in [3.63, 3.8) is 0 Å². The number of morpholine rings is 1. The number of aromatic nitrogens is 4. The lowest BCUT2D eigenvalue weighted by molar-refractivity contribution is -0.274. The Morgan fingerprint density at radius 3 is 2.78 bits per heavy atom. The van der Waals surface area contributed by atoms with Crippen molar-refractivity contribution in [1.82, 2.24) is 25.1 Å². The van der Waals surface area contributed by atoms with E-state index in [1.54, 1.807) is 4.90 Å². The van der Waals surface area contributed by atoms with Crippen LogP contribution in [-0.4, -0.2) is 68.9 Å². The van der Waals surface area contributed by atoms with E-state index in [-0.39, 0.29) is 23.5 Å². The van der Waals surface area contributed by atoms with Gasteiger partial charge in [-0.2, -0.15) is 4.68 Å². The number of amides is 1. The summed E-state index contributed by atoms with van der Waals surface area (Å²) in [6.45, 7) is 3.47. The fraction of sp³-hybridized carbons (Fsp3) is 0.467. The number of halogens is 3. The summed E-state index contributed by atoms with van der Waals surface area (Å²) in [5.74, 6) is -0.258. The molecule has 0 saturated carbocycles. The van der Waals surface area contributed by atoms with Crippen molar-refractivity contribution in [2.75, 3.05) is 25.4 Å². The zero-order valence-electron chi connectivity index (χ0n) is 14.2. The molecule has 2 heterocycles. The molecule has 0 aliphatic carbocycles. The van der Waals surface area contributed by atoms with E-state index in [4.69, 9.17) is 4.74 Å². The minimum Gasteiger partial charge on any atom is -0.406 e. The summed E-state index contributed by atoms with van der Waals surface area (Å²) in [5, 5.41) is 11.6. The van der Waals surface area contributed by atoms with Crippen LogP contribution in [0.15, 0.2) is 29.4 Å². The SMILES string of the molecule is CC1CN(C(=O)CSc2nnnn2-c2ccc(OC(F)(F)F)cc2)CCO1. The highest BCUT2D eigenvalue weighted by molar-refractivity contribution is 7.99. The number of hydrogen-bond donors (Lipinski definition) is 0. The molecule has 1 aromatic carbocycles. The Balaban J connectivity index is 1.63. The van der Waals surface area contributed by atoms with E-state index in [9.17, 15) is 18.0 Å². The molecule has 1 aliphatic rings. The summed E-state index contributed by atoms with van der Waals surface area (Å²) < 4.78 is 47.3. The molecular weight excluding hydrogens is 387 g/mol. The van der Waals surface area contributed by atoms with Crippen molar-refractivity contribution in [3.8, 4) is 11.4 Å². The summed E-state index contributed by atoms with van der Waals surface area (Å²) in [4.78, 5) is 14.0. The van der Waals surface area contributed by atoms with Crippen LogP contribution in [0.1, 0.15) is 6.92 Å². The largest absolute Gasteiger partial charge is 0.573 e. The van der Waals surface area contributed by atoms with Gasteiger partial charge in [0.2, 0.25) is 11.1 Å². The maximum absolute atomic E-state index is 12.3. The van der Waals surface area contributed by atoms with Crippen molar-refractivity contribution < 1.29 is 27.4 Å². The number of hydrogen-bond acceptors (Lipinski definition) is 7. The number of ether oxygens (including phenoxy) is 2. The lowest BCUT2D eigenvalue weighted by atomic mass is 10.3. The van der Waals surface area contributed by atoms with Crippen LogP contribution < -0.4 is 4.74 Å². The van der Waals surface area contributed by atoms with Gasteiger partial charge in [-0.1, -0.05) is 11.8 Å². The number of carbonyl (C=O) groups is 1. The Morgan fingerprint density at radius 1 is 1.37 bits per heavy atom. The Morgan fingerprint density at radius 2 is 2.11 bits per heavy atom. The first-order valence-electron chi connectivity index (χ1n) is 7.98. The number of rotatable bonds is 5. The molecule has 0 bridgehead atoms. The molecule has 0 radical (unpaired) electrons. The van der Waals surface area contributed by atoms with Gasteiger partial charge in [-0.15, -0.1) is 18.3 Å². The molecule has 8 nitrogen and oxygen atoms in total. The molecule has 1 fully saturated rings. The molecule has 146 valence electrons. The van der Waals surface area contributed by atoms with E-state index < -0.39 is 6.36 Å². The van der Waals surface area contributed by atoms with Crippen molar-refractivity contribution >= 4 is 17.7 Å². The van der Waals surface area contributed by atoms with Gasteiger partial charge in [0.15, 0.2) is 0 Å². The summed E-state index contributed by atoms with van der Waals surface area (Å²) >= 11 is 1.15. The van der Waals surface area contributed by atoms with Crippen LogP contribution in [0.5, 0.6) is 5.75 Å². The van der Waals surface area contributed by atoms with Crippen LogP contribution in [0.25, 0.3) is 5.69 Å². The number of thioether (sulfide) groups is 1. The van der Waals surface area contributed by atoms with Crippen molar-refractivity contribution in [2.24, 2.45) is 0 Å². The fourth-order valence-electron chi connectivity index (χ4n) is 2.48. The zero-order valence-corrected chi connectivity index (χ0v) is 15.0. The Hall–Kier alpha value is -2.34. The zero-order chi connectivity index (χ0) is 19.4. The van der Waals surface area contributed by atoms with Gasteiger partial charge in [0.1, 0.15) is 5.75 Å². The lowest BCUT2D eigenvalue weighted by Crippen LogP contribution is -2.45. The molecule has 1 atom stereocenters. The highest BCUT2D eigenvalue weighted by Gasteiger charge is 2.31. The number of nitrogens with zero attached hydrogens (tertiary/aromatic N) is 5. The second-order valence-electron chi connectivity index (χ2n) is 5.72. The molecule has 12 heteroatoms. The maximum Gasteiger partial charge on any atom is 0.573 e. The monoisotopic (exact) mass is 403 g/mol. The third-order valence-corrected chi connectivity index (χ3v) is 4.58. The van der Waals surface area contributed by atoms with E-state index in [0.29, 0.717) is 30.5 Å². The Kier molecular flexibility index (Phi) is 5.85. The molecule has 27 heavy (non-hydrogen) atoms. The minimum atomic E-state index is -4.76. The van der Waals surface area contributed by atoms with Crippen molar-refractivity contribution in [1.29, 1.82) is 0 Å². The molecule has 2 aromatic rings. The average Bonchev–Trinajstić information content (AvgIpc) is 3.07. The van der Waals surface area contributed by atoms with E-state index in [1.807, 2.05) is 6.92 Å². The van der Waals surface area contributed by atoms with Gasteiger partial charge < -0.3 is 14.4 Å². The number of tetrazole rings is 1. The highest BCUT2D eigenvalue weighted by atomic mass is 32.2. The van der Waals surface area contributed by atoms with E-state index in [0.717, 1.165) is 11.8 Å². The summed E-state index contributed by atoms with van der Waals surface area (Å²) in [6.07, 6.45) is -4.76. The van der Waals surface area contributed by atoms with Gasteiger partial charge >= 0.3 is 6.36 Å². The standard InChI is InChI=1S/C15H16F3N5O3S/c1-10-8-22(6-7-25-10)13(24)9-27-14-19-20-21-23(14)11-2-4-12(5-3-11)26-15(16,17)18/h2-5,10H,6-9H2,1H3. The molecule has 3 rings (SSSR count). The first kappa shape index (κ1) is 19.4. The van der Waals surface area contributed by atoms with E-state index >= 15 is 0 Å². The summed E-state index contributed by atoms with van der Waals surface area (Å²) in [6, 6.07) is 5.12. The maximum atomic E-state index is 12.3. The van der Waals surface area contributed by atoms with E-state index in [1.165, 1.54) is 28.9 Å². The van der Waals surface area contributed by atoms with E-state index in [2.05, 4.69) is 20.3 Å². The van der Waals surface area contributed by atoms with Crippen LogP contribution in [0.2, 0.25) is 0 Å². The quantitative estimate of drug-likeness (QED) is 0.705. The van der Waals surface area contributed by atoms with Gasteiger partial charge in [0, 0.05) is 13.1 Å². The summed E-state index contributed by atoms with van der Waals surface area (Å²) in [5.41, 5.74) is 0.449. The minimum absolute atomic E-state index is 0.00421. The smallest absolute Gasteiger partial charge is 0.406 e. The second kappa shape index (κ2) is 8.13. The normalized spacial score (nSPS) is 17.8. The van der Waals surface area contributed by atoms with Crippen LogP contribution in [0, 0.1) is 0 Å². The van der Waals surface area contributed by atoms with Gasteiger partial charge in [0.05, 0.1) is 24.2 Å². The number of benzene rings is 1. The molecule has 1 saturated heterocycles. The van der Waals surface area contributed by atoms with Gasteiger partial charge in [-0.05, 0) is 41.6 Å². The molecule has 1 unspecified atom stereocenters. The third-order valence-electron chi connectivity index (χ3n) is 3.67.